The lowest BCUT2D eigenvalue weighted by molar-refractivity contribution is -0.230. The number of ether oxygens (including phenoxy) is 3. The molecule has 2 N–H and O–H groups in total. The number of aliphatic hydroxyl groups is 1. The summed E-state index contributed by atoms with van der Waals surface area (Å²) in [5, 5.41) is 13.9. The molecule has 3 heterocycles. The highest BCUT2D eigenvalue weighted by Gasteiger charge is 2.63. The monoisotopic (exact) mass is 598 g/mol. The first kappa shape index (κ1) is 30.0. The topological polar surface area (TPSA) is 133 Å². The van der Waals surface area contributed by atoms with E-state index in [-0.39, 0.29) is 31.1 Å². The summed E-state index contributed by atoms with van der Waals surface area (Å²) in [4.78, 5) is 26.3. The molecule has 0 aromatic heterocycles. The fourth-order valence-corrected chi connectivity index (χ4v) is 7.15. The van der Waals surface area contributed by atoms with Gasteiger partial charge in [-0.15, -0.1) is 0 Å². The maximum absolute atomic E-state index is 14.2. The van der Waals surface area contributed by atoms with Gasteiger partial charge in [-0.2, -0.15) is 0 Å². The third-order valence-corrected chi connectivity index (χ3v) is 9.49. The number of esters is 1. The Bertz CT molecular complexity index is 1350. The van der Waals surface area contributed by atoms with Crippen LogP contribution in [-0.2, 0) is 39.5 Å². The summed E-state index contributed by atoms with van der Waals surface area (Å²) in [5.74, 6) is -1.03. The number of hydrogen-bond donors (Lipinski definition) is 2. The zero-order valence-corrected chi connectivity index (χ0v) is 24.2. The van der Waals surface area contributed by atoms with E-state index in [1.807, 2.05) is 30.3 Å². The molecule has 1 amide bonds. The normalized spacial score (nSPS) is 27.2. The Morgan fingerprint density at radius 1 is 1.21 bits per heavy atom. The van der Waals surface area contributed by atoms with Crippen LogP contribution in [0.3, 0.4) is 0 Å². The molecule has 0 radical (unpaired) electrons. The van der Waals surface area contributed by atoms with Crippen LogP contribution in [0.2, 0.25) is 0 Å². The molecule has 12 heteroatoms. The van der Waals surface area contributed by atoms with E-state index in [0.29, 0.717) is 25.2 Å². The molecule has 1 unspecified atom stereocenters. The molecule has 2 aromatic rings. The van der Waals surface area contributed by atoms with Gasteiger partial charge in [-0.05, 0) is 24.1 Å². The zero-order valence-electron chi connectivity index (χ0n) is 23.3. The van der Waals surface area contributed by atoms with Gasteiger partial charge >= 0.3 is 13.6 Å². The molecule has 2 aromatic carbocycles. The van der Waals surface area contributed by atoms with E-state index in [1.165, 1.54) is 12.3 Å². The summed E-state index contributed by atoms with van der Waals surface area (Å²) >= 11 is 0. The van der Waals surface area contributed by atoms with E-state index < -0.39 is 43.5 Å². The average molecular weight is 599 g/mol. The van der Waals surface area contributed by atoms with Crippen molar-refractivity contribution in [1.82, 2.24) is 10.2 Å². The molecule has 6 atom stereocenters. The minimum absolute atomic E-state index is 0.0865. The van der Waals surface area contributed by atoms with Crippen LogP contribution in [0.5, 0.6) is 5.75 Å². The molecule has 0 saturated carbocycles. The summed E-state index contributed by atoms with van der Waals surface area (Å²) in [7, 11) is -3.98. The minimum Gasteiger partial charge on any atom is -0.461 e. The zero-order chi connectivity index (χ0) is 29.7. The highest BCUT2D eigenvalue weighted by Crippen LogP contribution is 2.52. The molecule has 2 saturated heterocycles. The van der Waals surface area contributed by atoms with Crippen molar-refractivity contribution in [3.05, 3.63) is 90.9 Å². The standard InChI is InChI=1S/C30H35N2O9P/c1-3-23(28(35)37-18-22-10-6-4-7-11-22)20-42(36,41-24-12-8-5-9-13-24)39-19-25-27(34)30(15-17-38-30)29(40-25)32-16-14-26(33)31-21(32)2/h4-14,16,23,25,27,29,34H,2-3,15,17-20H2,1H3,(H,31,33)/t23-,25-,27-,29-,30-,42?/m1/s1. The summed E-state index contributed by atoms with van der Waals surface area (Å²) in [6.45, 7) is 5.87. The largest absolute Gasteiger partial charge is 0.461 e. The molecule has 11 nitrogen and oxygen atoms in total. The highest BCUT2D eigenvalue weighted by molar-refractivity contribution is 7.54. The molecule has 224 valence electrons. The number of hydrogen-bond acceptors (Lipinski definition) is 10. The van der Waals surface area contributed by atoms with E-state index >= 15 is 0 Å². The predicted octanol–water partition coefficient (Wildman–Crippen LogP) is 3.71. The number of carbonyl (C=O) groups is 2. The van der Waals surface area contributed by atoms with Crippen molar-refractivity contribution in [2.75, 3.05) is 19.4 Å². The quantitative estimate of drug-likeness (QED) is 0.275. The van der Waals surface area contributed by atoms with Gasteiger partial charge in [-0.3, -0.25) is 14.1 Å². The van der Waals surface area contributed by atoms with Crippen molar-refractivity contribution < 1.29 is 42.5 Å². The van der Waals surface area contributed by atoms with Crippen molar-refractivity contribution in [2.24, 2.45) is 5.92 Å². The van der Waals surface area contributed by atoms with Crippen LogP contribution in [0.4, 0.5) is 0 Å². The minimum atomic E-state index is -3.98. The lowest BCUT2D eigenvalue weighted by Crippen LogP contribution is -2.62. The van der Waals surface area contributed by atoms with Crippen LogP contribution in [0.1, 0.15) is 25.3 Å². The van der Waals surface area contributed by atoms with Crippen LogP contribution in [0, 0.1) is 5.92 Å². The smallest absolute Gasteiger partial charge is 0.380 e. The van der Waals surface area contributed by atoms with Crippen LogP contribution in [0.25, 0.3) is 0 Å². The van der Waals surface area contributed by atoms with Crippen LogP contribution in [-0.4, -0.2) is 65.3 Å². The van der Waals surface area contributed by atoms with E-state index in [1.54, 1.807) is 42.2 Å². The number of carbonyl (C=O) groups excluding carboxylic acids is 2. The van der Waals surface area contributed by atoms with Gasteiger partial charge in [0, 0.05) is 18.7 Å². The van der Waals surface area contributed by atoms with Gasteiger partial charge < -0.3 is 34.1 Å². The van der Waals surface area contributed by atoms with Gasteiger partial charge in [0.15, 0.2) is 6.23 Å². The predicted molar refractivity (Wildman–Crippen MR) is 152 cm³/mol. The van der Waals surface area contributed by atoms with Crippen molar-refractivity contribution in [1.29, 1.82) is 0 Å². The van der Waals surface area contributed by atoms with Crippen molar-refractivity contribution >= 4 is 19.5 Å². The lowest BCUT2D eigenvalue weighted by Gasteiger charge is -2.47. The third-order valence-electron chi connectivity index (χ3n) is 7.57. The third kappa shape index (κ3) is 6.45. The first-order chi connectivity index (χ1) is 20.2. The molecule has 0 bridgehead atoms. The Morgan fingerprint density at radius 2 is 1.90 bits per heavy atom. The fraction of sp³-hybridized carbons (Fsp3) is 0.400. The Balaban J connectivity index is 1.30. The first-order valence-corrected chi connectivity index (χ1v) is 15.6. The molecule has 1 spiro atoms. The number of amides is 1. The summed E-state index contributed by atoms with van der Waals surface area (Å²) < 4.78 is 43.6. The average Bonchev–Trinajstić information content (AvgIpc) is 3.27. The highest BCUT2D eigenvalue weighted by atomic mass is 31.2. The SMILES string of the molecule is C=C1NC(=O)C=CN1[C@@H]1O[C@H](COP(=O)(C[C@@H](CC)C(=O)OCc2ccccc2)Oc2ccccc2)[C@@H](O)[C@]12CCO2. The number of nitrogens with one attached hydrogen (secondary N) is 1. The number of aliphatic hydroxyl groups excluding tert-OH is 1. The van der Waals surface area contributed by atoms with Gasteiger partial charge in [0.1, 0.15) is 36.0 Å². The lowest BCUT2D eigenvalue weighted by atomic mass is 9.86. The number of rotatable bonds is 12. The molecule has 42 heavy (non-hydrogen) atoms. The molecule has 0 aliphatic carbocycles. The maximum Gasteiger partial charge on any atom is 0.380 e. The molecule has 2 fully saturated rings. The maximum atomic E-state index is 14.2. The van der Waals surface area contributed by atoms with Crippen molar-refractivity contribution in [2.45, 2.75) is 50.4 Å². The summed E-state index contributed by atoms with van der Waals surface area (Å²) in [5.41, 5.74) is -0.263. The summed E-state index contributed by atoms with van der Waals surface area (Å²) in [6, 6.07) is 17.8. The Hall–Kier alpha value is -3.47. The first-order valence-electron chi connectivity index (χ1n) is 13.9. The van der Waals surface area contributed by atoms with Gasteiger partial charge in [0.25, 0.3) is 5.91 Å². The Labute approximate surface area is 244 Å². The number of para-hydroxylation sites is 1. The molecular formula is C30H35N2O9P. The van der Waals surface area contributed by atoms with Gasteiger partial charge in [-0.1, -0.05) is 62.0 Å². The van der Waals surface area contributed by atoms with Gasteiger partial charge in [0.2, 0.25) is 0 Å². The molecule has 5 rings (SSSR count). The van der Waals surface area contributed by atoms with Gasteiger partial charge in [0.05, 0.1) is 25.3 Å². The molecule has 3 aliphatic rings. The van der Waals surface area contributed by atoms with Crippen LogP contribution in [0.15, 0.2) is 85.3 Å². The number of benzene rings is 2. The van der Waals surface area contributed by atoms with E-state index in [0.717, 1.165) is 5.56 Å². The molecular weight excluding hydrogens is 563 g/mol. The van der Waals surface area contributed by atoms with Gasteiger partial charge in [-0.25, -0.2) is 4.57 Å². The van der Waals surface area contributed by atoms with Crippen molar-refractivity contribution in [3.63, 3.8) is 0 Å². The molecule has 3 aliphatic heterocycles. The van der Waals surface area contributed by atoms with E-state index in [4.69, 9.17) is 23.3 Å². The second-order valence-corrected chi connectivity index (χ2v) is 12.4. The summed E-state index contributed by atoms with van der Waals surface area (Å²) in [6.07, 6.45) is 0.527. The van der Waals surface area contributed by atoms with E-state index in [2.05, 4.69) is 11.9 Å². The number of nitrogens with zero attached hydrogens (tertiary/aromatic N) is 1. The fourth-order valence-electron chi connectivity index (χ4n) is 5.15. The second kappa shape index (κ2) is 12.8. The van der Waals surface area contributed by atoms with Crippen molar-refractivity contribution in [3.8, 4) is 5.75 Å². The van der Waals surface area contributed by atoms with Crippen LogP contribution < -0.4 is 9.84 Å². The Morgan fingerprint density at radius 3 is 2.52 bits per heavy atom. The Kier molecular flexibility index (Phi) is 9.15. The van der Waals surface area contributed by atoms with Crippen LogP contribution >= 0.6 is 7.60 Å². The second-order valence-electron chi connectivity index (χ2n) is 10.4. The van der Waals surface area contributed by atoms with E-state index in [9.17, 15) is 19.3 Å².